The minimum absolute atomic E-state index is 0.322. The number of aliphatic carboxylic acids is 1. The Labute approximate surface area is 99.3 Å². The van der Waals surface area contributed by atoms with E-state index in [4.69, 9.17) is 9.84 Å². The minimum atomic E-state index is -0.931. The van der Waals surface area contributed by atoms with Gasteiger partial charge in [0, 0.05) is 19.6 Å². The number of carboxylic acids is 1. The number of nitrogens with one attached hydrogen (secondary N) is 1. The number of rotatable bonds is 2. The van der Waals surface area contributed by atoms with Gasteiger partial charge in [-0.2, -0.15) is 0 Å². The minimum Gasteiger partial charge on any atom is -0.480 e. The summed E-state index contributed by atoms with van der Waals surface area (Å²) in [6, 6.07) is -1.01. The molecule has 0 aromatic carbocycles. The molecule has 7 heteroatoms. The zero-order valence-corrected chi connectivity index (χ0v) is 9.59. The third-order valence-corrected chi connectivity index (χ3v) is 3.06. The van der Waals surface area contributed by atoms with Gasteiger partial charge in [-0.25, -0.2) is 14.6 Å². The molecule has 0 spiro atoms. The van der Waals surface area contributed by atoms with Crippen molar-refractivity contribution in [1.29, 1.82) is 0 Å². The van der Waals surface area contributed by atoms with Crippen molar-refractivity contribution in [2.45, 2.75) is 18.9 Å². The molecule has 2 aliphatic rings. The van der Waals surface area contributed by atoms with E-state index in [2.05, 4.69) is 5.43 Å². The molecular weight excluding hydrogens is 226 g/mol. The second-order valence-corrected chi connectivity index (χ2v) is 4.21. The zero-order chi connectivity index (χ0) is 12.3. The molecule has 2 aliphatic heterocycles. The summed E-state index contributed by atoms with van der Waals surface area (Å²) in [5, 5.41) is 10.8. The molecule has 0 aromatic heterocycles. The van der Waals surface area contributed by atoms with Crippen LogP contribution in [0, 0.1) is 0 Å². The zero-order valence-electron chi connectivity index (χ0n) is 9.59. The molecule has 0 aromatic rings. The SMILES string of the molecule is O=C(O)[C@@H]1CCCN1C(=O)NN1CCOCC1. The van der Waals surface area contributed by atoms with Crippen LogP contribution in [0.25, 0.3) is 0 Å². The lowest BCUT2D eigenvalue weighted by atomic mass is 10.2. The average Bonchev–Trinajstić information content (AvgIpc) is 2.79. The van der Waals surface area contributed by atoms with E-state index in [1.165, 1.54) is 4.90 Å². The Morgan fingerprint density at radius 3 is 2.59 bits per heavy atom. The highest BCUT2D eigenvalue weighted by Gasteiger charge is 2.34. The smallest absolute Gasteiger partial charge is 0.332 e. The maximum absolute atomic E-state index is 11.9. The van der Waals surface area contributed by atoms with Crippen LogP contribution in [-0.2, 0) is 9.53 Å². The van der Waals surface area contributed by atoms with Crippen LogP contribution in [0.5, 0.6) is 0 Å². The summed E-state index contributed by atoms with van der Waals surface area (Å²) in [5.41, 5.74) is 2.72. The first-order valence-corrected chi connectivity index (χ1v) is 5.81. The van der Waals surface area contributed by atoms with E-state index < -0.39 is 12.0 Å². The predicted molar refractivity (Wildman–Crippen MR) is 58.3 cm³/mol. The topological polar surface area (TPSA) is 82.1 Å². The van der Waals surface area contributed by atoms with Crippen molar-refractivity contribution >= 4 is 12.0 Å². The number of carboxylic acid groups (broad SMARTS) is 1. The van der Waals surface area contributed by atoms with E-state index in [0.717, 1.165) is 6.42 Å². The number of ether oxygens (including phenoxy) is 1. The monoisotopic (exact) mass is 243 g/mol. The molecule has 2 saturated heterocycles. The molecule has 2 rings (SSSR count). The van der Waals surface area contributed by atoms with Crippen LogP contribution < -0.4 is 5.43 Å². The molecule has 96 valence electrons. The normalized spacial score (nSPS) is 25.9. The Morgan fingerprint density at radius 1 is 1.24 bits per heavy atom. The fraction of sp³-hybridized carbons (Fsp3) is 0.800. The van der Waals surface area contributed by atoms with Crippen LogP contribution in [0.1, 0.15) is 12.8 Å². The van der Waals surface area contributed by atoms with Gasteiger partial charge in [0.15, 0.2) is 0 Å². The summed E-state index contributed by atoms with van der Waals surface area (Å²) in [4.78, 5) is 24.2. The highest BCUT2D eigenvalue weighted by molar-refractivity contribution is 5.83. The van der Waals surface area contributed by atoms with E-state index in [-0.39, 0.29) is 6.03 Å². The molecule has 2 heterocycles. The first kappa shape index (κ1) is 12.1. The lowest BCUT2D eigenvalue weighted by Crippen LogP contribution is -2.54. The molecule has 7 nitrogen and oxygen atoms in total. The van der Waals surface area contributed by atoms with Crippen LogP contribution in [0.2, 0.25) is 0 Å². The van der Waals surface area contributed by atoms with Crippen molar-refractivity contribution in [1.82, 2.24) is 15.3 Å². The second-order valence-electron chi connectivity index (χ2n) is 4.21. The quantitative estimate of drug-likeness (QED) is 0.682. The Kier molecular flexibility index (Phi) is 3.80. The van der Waals surface area contributed by atoms with E-state index in [9.17, 15) is 9.59 Å². The van der Waals surface area contributed by atoms with Crippen molar-refractivity contribution in [2.75, 3.05) is 32.8 Å². The number of urea groups is 1. The highest BCUT2D eigenvalue weighted by atomic mass is 16.5. The number of carbonyl (C=O) groups excluding carboxylic acids is 1. The van der Waals surface area contributed by atoms with Gasteiger partial charge in [0.25, 0.3) is 0 Å². The third kappa shape index (κ3) is 2.86. The first-order valence-electron chi connectivity index (χ1n) is 5.81. The highest BCUT2D eigenvalue weighted by Crippen LogP contribution is 2.17. The standard InChI is InChI=1S/C10H17N3O4/c14-9(15)8-2-1-3-13(8)10(16)11-12-4-6-17-7-5-12/h8H,1-7H2,(H,11,16)(H,14,15)/t8-/m0/s1. The number of nitrogens with zero attached hydrogens (tertiary/aromatic N) is 2. The summed E-state index contributed by atoms with van der Waals surface area (Å²) < 4.78 is 5.17. The molecule has 2 fully saturated rings. The number of morpholine rings is 1. The molecule has 17 heavy (non-hydrogen) atoms. The lowest BCUT2D eigenvalue weighted by molar-refractivity contribution is -0.141. The van der Waals surface area contributed by atoms with Crippen LogP contribution in [0.4, 0.5) is 4.79 Å². The van der Waals surface area contributed by atoms with Gasteiger partial charge in [0.1, 0.15) is 6.04 Å². The first-order chi connectivity index (χ1) is 8.18. The molecular formula is C10H17N3O4. The van der Waals surface area contributed by atoms with Crippen molar-refractivity contribution in [2.24, 2.45) is 0 Å². The largest absolute Gasteiger partial charge is 0.480 e. The number of hydrogen-bond acceptors (Lipinski definition) is 4. The van der Waals surface area contributed by atoms with E-state index in [1.54, 1.807) is 5.01 Å². The molecule has 0 saturated carbocycles. The molecule has 0 unspecified atom stereocenters. The van der Waals surface area contributed by atoms with Gasteiger partial charge in [-0.05, 0) is 12.8 Å². The summed E-state index contributed by atoms with van der Waals surface area (Å²) >= 11 is 0. The summed E-state index contributed by atoms with van der Waals surface area (Å²) in [6.07, 6.45) is 1.28. The fourth-order valence-corrected chi connectivity index (χ4v) is 2.14. The average molecular weight is 243 g/mol. The maximum atomic E-state index is 11.9. The van der Waals surface area contributed by atoms with E-state index >= 15 is 0 Å². The molecule has 0 aliphatic carbocycles. The Bertz CT molecular complexity index is 304. The molecule has 2 amide bonds. The second kappa shape index (κ2) is 5.33. The number of hydrazine groups is 1. The molecule has 2 N–H and O–H groups in total. The maximum Gasteiger partial charge on any atom is 0.332 e. The van der Waals surface area contributed by atoms with Gasteiger partial charge in [0.2, 0.25) is 0 Å². The summed E-state index contributed by atoms with van der Waals surface area (Å²) in [5.74, 6) is -0.931. The van der Waals surface area contributed by atoms with Crippen LogP contribution >= 0.6 is 0 Å². The Balaban J connectivity index is 1.88. The number of carbonyl (C=O) groups is 2. The van der Waals surface area contributed by atoms with Gasteiger partial charge in [-0.1, -0.05) is 0 Å². The Morgan fingerprint density at radius 2 is 1.94 bits per heavy atom. The number of hydrogen-bond donors (Lipinski definition) is 2. The van der Waals surface area contributed by atoms with Crippen LogP contribution in [-0.4, -0.2) is 65.9 Å². The van der Waals surface area contributed by atoms with Crippen LogP contribution in [0.3, 0.4) is 0 Å². The van der Waals surface area contributed by atoms with Crippen molar-refractivity contribution in [3.8, 4) is 0 Å². The molecule has 0 radical (unpaired) electrons. The van der Waals surface area contributed by atoms with Gasteiger partial charge < -0.3 is 14.7 Å². The van der Waals surface area contributed by atoms with Crippen molar-refractivity contribution in [3.05, 3.63) is 0 Å². The van der Waals surface area contributed by atoms with Gasteiger partial charge >= 0.3 is 12.0 Å². The summed E-state index contributed by atoms with van der Waals surface area (Å²) in [6.45, 7) is 2.95. The van der Waals surface area contributed by atoms with E-state index in [0.29, 0.717) is 39.3 Å². The van der Waals surface area contributed by atoms with Crippen molar-refractivity contribution in [3.63, 3.8) is 0 Å². The predicted octanol–water partition coefficient (Wildman–Crippen LogP) is -0.508. The number of amides is 2. The van der Waals surface area contributed by atoms with Gasteiger partial charge in [0.05, 0.1) is 13.2 Å². The van der Waals surface area contributed by atoms with Crippen LogP contribution in [0.15, 0.2) is 0 Å². The van der Waals surface area contributed by atoms with Gasteiger partial charge in [-0.3, -0.25) is 5.43 Å². The van der Waals surface area contributed by atoms with Crippen molar-refractivity contribution < 1.29 is 19.4 Å². The van der Waals surface area contributed by atoms with Gasteiger partial charge in [-0.15, -0.1) is 0 Å². The fourth-order valence-electron chi connectivity index (χ4n) is 2.14. The summed E-state index contributed by atoms with van der Waals surface area (Å²) in [7, 11) is 0. The lowest BCUT2D eigenvalue weighted by Gasteiger charge is -2.30. The Hall–Kier alpha value is -1.34. The number of likely N-dealkylation sites (tertiary alicyclic amines) is 1. The van der Waals surface area contributed by atoms with E-state index in [1.807, 2.05) is 0 Å². The molecule has 1 atom stereocenters. The molecule has 0 bridgehead atoms. The third-order valence-electron chi connectivity index (χ3n) is 3.06.